The van der Waals surface area contributed by atoms with Gasteiger partial charge in [-0.2, -0.15) is 0 Å². The molecule has 0 aliphatic carbocycles. The number of rotatable bonds is 9. The standard InChI is InChI=1S/C34H29NO/c1-5-13-29(14-6-1)27-36-33-23-21-28(22-24-33)25-26-35-34(30-15-7-2-8-16-30,31-17-9-3-10-18-31)32-19-11-4-12-20-32/h1-24,26H,25,27H2. The van der Waals surface area contributed by atoms with Gasteiger partial charge in [-0.25, -0.2) is 0 Å². The van der Waals surface area contributed by atoms with E-state index < -0.39 is 5.54 Å². The molecule has 2 heteroatoms. The van der Waals surface area contributed by atoms with Crippen LogP contribution >= 0.6 is 0 Å². The first kappa shape index (κ1) is 23.3. The van der Waals surface area contributed by atoms with Gasteiger partial charge < -0.3 is 4.74 Å². The maximum atomic E-state index is 5.95. The van der Waals surface area contributed by atoms with Crippen molar-refractivity contribution in [1.82, 2.24) is 0 Å². The Morgan fingerprint density at radius 2 is 0.944 bits per heavy atom. The first-order chi connectivity index (χ1) is 17.8. The first-order valence-corrected chi connectivity index (χ1v) is 12.3. The molecule has 0 aromatic heterocycles. The van der Waals surface area contributed by atoms with E-state index in [0.717, 1.165) is 34.4 Å². The lowest BCUT2D eigenvalue weighted by Gasteiger charge is -2.32. The van der Waals surface area contributed by atoms with E-state index in [1.54, 1.807) is 0 Å². The van der Waals surface area contributed by atoms with Gasteiger partial charge in [0.1, 0.15) is 17.9 Å². The summed E-state index contributed by atoms with van der Waals surface area (Å²) < 4.78 is 5.95. The Kier molecular flexibility index (Phi) is 7.34. The van der Waals surface area contributed by atoms with E-state index in [4.69, 9.17) is 9.73 Å². The monoisotopic (exact) mass is 467 g/mol. The first-order valence-electron chi connectivity index (χ1n) is 12.3. The number of benzene rings is 5. The van der Waals surface area contributed by atoms with Crippen molar-refractivity contribution in [3.8, 4) is 5.75 Å². The van der Waals surface area contributed by atoms with Crippen molar-refractivity contribution >= 4 is 6.21 Å². The molecule has 0 N–H and O–H groups in total. The second-order valence-corrected chi connectivity index (χ2v) is 8.74. The van der Waals surface area contributed by atoms with Crippen LogP contribution in [-0.4, -0.2) is 6.21 Å². The molecule has 2 nitrogen and oxygen atoms in total. The second kappa shape index (κ2) is 11.3. The predicted octanol–water partition coefficient (Wildman–Crippen LogP) is 7.87. The van der Waals surface area contributed by atoms with Gasteiger partial charge in [0.15, 0.2) is 0 Å². The molecule has 0 fully saturated rings. The van der Waals surface area contributed by atoms with Crippen molar-refractivity contribution in [2.24, 2.45) is 4.99 Å². The van der Waals surface area contributed by atoms with Crippen molar-refractivity contribution in [3.05, 3.63) is 173 Å². The molecule has 0 heterocycles. The lowest BCUT2D eigenvalue weighted by Crippen LogP contribution is -2.27. The molecule has 0 aliphatic rings. The number of hydrogen-bond acceptors (Lipinski definition) is 2. The van der Waals surface area contributed by atoms with Gasteiger partial charge in [0.2, 0.25) is 0 Å². The molecule has 0 unspecified atom stereocenters. The Balaban J connectivity index is 1.41. The summed E-state index contributed by atoms with van der Waals surface area (Å²) in [5.74, 6) is 0.867. The molecule has 0 amide bonds. The van der Waals surface area contributed by atoms with Gasteiger partial charge in [-0.3, -0.25) is 4.99 Å². The van der Waals surface area contributed by atoms with Gasteiger partial charge in [0, 0.05) is 12.6 Å². The molecular weight excluding hydrogens is 438 g/mol. The Hall–Kier alpha value is -4.43. The highest BCUT2D eigenvalue weighted by Gasteiger charge is 2.35. The van der Waals surface area contributed by atoms with E-state index in [1.807, 2.05) is 36.5 Å². The number of hydrogen-bond donors (Lipinski definition) is 0. The van der Waals surface area contributed by atoms with Crippen LogP contribution in [0.4, 0.5) is 0 Å². The van der Waals surface area contributed by atoms with Crippen molar-refractivity contribution < 1.29 is 4.74 Å². The van der Waals surface area contributed by atoms with Gasteiger partial charge in [-0.15, -0.1) is 0 Å². The smallest absolute Gasteiger partial charge is 0.135 e. The van der Waals surface area contributed by atoms with Crippen LogP contribution in [0.5, 0.6) is 5.75 Å². The van der Waals surface area contributed by atoms with Crippen LogP contribution in [0.2, 0.25) is 0 Å². The third-order valence-electron chi connectivity index (χ3n) is 6.36. The minimum atomic E-state index is -0.623. The number of ether oxygens (including phenoxy) is 1. The van der Waals surface area contributed by atoms with Crippen LogP contribution in [0.15, 0.2) is 151 Å². The van der Waals surface area contributed by atoms with E-state index in [0.29, 0.717) is 6.61 Å². The molecule has 0 atom stereocenters. The Morgan fingerprint density at radius 1 is 0.500 bits per heavy atom. The third kappa shape index (κ3) is 5.29. The van der Waals surface area contributed by atoms with Gasteiger partial charge >= 0.3 is 0 Å². The molecule has 0 saturated heterocycles. The third-order valence-corrected chi connectivity index (χ3v) is 6.36. The van der Waals surface area contributed by atoms with Crippen LogP contribution in [0, 0.1) is 0 Å². The summed E-state index contributed by atoms with van der Waals surface area (Å²) in [5.41, 5.74) is 5.15. The fraction of sp³-hybridized carbons (Fsp3) is 0.0882. The van der Waals surface area contributed by atoms with Crippen molar-refractivity contribution in [3.63, 3.8) is 0 Å². The maximum Gasteiger partial charge on any atom is 0.135 e. The average Bonchev–Trinajstić information content (AvgIpc) is 2.97. The molecule has 0 radical (unpaired) electrons. The highest BCUT2D eigenvalue weighted by Crippen LogP contribution is 2.40. The molecular formula is C34H29NO. The summed E-state index contributed by atoms with van der Waals surface area (Å²) in [6.45, 7) is 0.565. The molecule has 5 aromatic rings. The fourth-order valence-corrected chi connectivity index (χ4v) is 4.51. The highest BCUT2D eigenvalue weighted by atomic mass is 16.5. The molecule has 176 valence electrons. The van der Waals surface area contributed by atoms with Gasteiger partial charge in [0.05, 0.1) is 0 Å². The number of aliphatic imine (C=N–C) groups is 1. The van der Waals surface area contributed by atoms with Crippen LogP contribution in [-0.2, 0) is 18.6 Å². The normalized spacial score (nSPS) is 11.4. The van der Waals surface area contributed by atoms with Crippen LogP contribution in [0.3, 0.4) is 0 Å². The summed E-state index contributed by atoms with van der Waals surface area (Å²) in [4.78, 5) is 5.30. The number of nitrogens with zero attached hydrogens (tertiary/aromatic N) is 1. The molecule has 5 aromatic carbocycles. The zero-order chi connectivity index (χ0) is 24.5. The maximum absolute atomic E-state index is 5.95. The van der Waals surface area contributed by atoms with Crippen molar-refractivity contribution in [1.29, 1.82) is 0 Å². The van der Waals surface area contributed by atoms with Crippen LogP contribution in [0.25, 0.3) is 0 Å². The summed E-state index contributed by atoms with van der Waals surface area (Å²) >= 11 is 0. The largest absolute Gasteiger partial charge is 0.489 e. The van der Waals surface area contributed by atoms with E-state index in [1.165, 1.54) is 5.56 Å². The predicted molar refractivity (Wildman–Crippen MR) is 149 cm³/mol. The van der Waals surface area contributed by atoms with Crippen molar-refractivity contribution in [2.45, 2.75) is 18.6 Å². The molecule has 0 saturated carbocycles. The minimum Gasteiger partial charge on any atom is -0.489 e. The molecule has 5 rings (SSSR count). The zero-order valence-electron chi connectivity index (χ0n) is 20.2. The molecule has 0 aliphatic heterocycles. The molecule has 0 bridgehead atoms. The SMILES string of the molecule is C(Cc1ccc(OCc2ccccc2)cc1)=NC(c1ccccc1)(c1ccccc1)c1ccccc1. The van der Waals surface area contributed by atoms with Gasteiger partial charge in [0.25, 0.3) is 0 Å². The van der Waals surface area contributed by atoms with Crippen LogP contribution < -0.4 is 4.74 Å². The Morgan fingerprint density at radius 3 is 1.42 bits per heavy atom. The molecule has 0 spiro atoms. The second-order valence-electron chi connectivity index (χ2n) is 8.74. The Labute approximate surface area is 213 Å². The summed E-state index contributed by atoms with van der Waals surface area (Å²) in [7, 11) is 0. The van der Waals surface area contributed by atoms with Crippen LogP contribution in [0.1, 0.15) is 27.8 Å². The van der Waals surface area contributed by atoms with E-state index in [2.05, 4.69) is 115 Å². The summed E-state index contributed by atoms with van der Waals surface area (Å²) in [6.07, 6.45) is 2.78. The summed E-state index contributed by atoms with van der Waals surface area (Å²) in [5, 5.41) is 0. The Bertz CT molecular complexity index is 1270. The lowest BCUT2D eigenvalue weighted by molar-refractivity contribution is 0.306. The van der Waals surface area contributed by atoms with Gasteiger partial charge in [-0.1, -0.05) is 133 Å². The quantitative estimate of drug-likeness (QED) is 0.160. The average molecular weight is 468 g/mol. The molecule has 36 heavy (non-hydrogen) atoms. The topological polar surface area (TPSA) is 21.6 Å². The highest BCUT2D eigenvalue weighted by molar-refractivity contribution is 5.65. The lowest BCUT2D eigenvalue weighted by atomic mass is 9.77. The van der Waals surface area contributed by atoms with Crippen molar-refractivity contribution in [2.75, 3.05) is 0 Å². The zero-order valence-corrected chi connectivity index (χ0v) is 20.2. The van der Waals surface area contributed by atoms with E-state index >= 15 is 0 Å². The van der Waals surface area contributed by atoms with E-state index in [-0.39, 0.29) is 0 Å². The van der Waals surface area contributed by atoms with Gasteiger partial charge in [-0.05, 0) is 39.9 Å². The van der Waals surface area contributed by atoms with E-state index in [9.17, 15) is 0 Å². The minimum absolute atomic E-state index is 0.565. The fourth-order valence-electron chi connectivity index (χ4n) is 4.51. The summed E-state index contributed by atoms with van der Waals surface area (Å²) in [6, 6.07) is 50.1.